The smallest absolute Gasteiger partial charge is 0.330 e. The average Bonchev–Trinajstić information content (AvgIpc) is 2.83. The van der Waals surface area contributed by atoms with E-state index in [1.807, 2.05) is 0 Å². The van der Waals surface area contributed by atoms with Crippen molar-refractivity contribution in [3.8, 4) is 23.0 Å². The van der Waals surface area contributed by atoms with Crippen LogP contribution >= 0.6 is 0 Å². The standard InChI is InChI=1S/C28H20F2O3/c1-3-24(31)15-20-7-5-19(6-8-20)11-14-25-26(29)16-23(17-27(25)30)22-12-9-21(10-13-22)18-33-28(32)4-2/h3-10,12-13,16-17H,1-2,15,18H2. The first-order chi connectivity index (χ1) is 15.9. The fourth-order valence-corrected chi connectivity index (χ4v) is 2.98. The van der Waals surface area contributed by atoms with E-state index in [-0.39, 0.29) is 24.4 Å². The summed E-state index contributed by atoms with van der Waals surface area (Å²) >= 11 is 0. The SMILES string of the molecule is C=CC(=O)Cc1ccc(C#Cc2c(F)cc(-c3ccc(COC(=O)C=C)cc3)cc2F)cc1. The number of halogens is 2. The summed E-state index contributed by atoms with van der Waals surface area (Å²) in [5.74, 6) is 3.14. The van der Waals surface area contributed by atoms with E-state index in [1.165, 1.54) is 18.2 Å². The number of benzene rings is 3. The Morgan fingerprint density at radius 1 is 0.818 bits per heavy atom. The van der Waals surface area contributed by atoms with Gasteiger partial charge < -0.3 is 4.74 Å². The lowest BCUT2D eigenvalue weighted by Gasteiger charge is -2.07. The van der Waals surface area contributed by atoms with Gasteiger partial charge in [-0.3, -0.25) is 4.79 Å². The van der Waals surface area contributed by atoms with Crippen LogP contribution in [0, 0.1) is 23.5 Å². The number of rotatable bonds is 7. The molecule has 0 aliphatic heterocycles. The molecule has 0 fully saturated rings. The highest BCUT2D eigenvalue weighted by molar-refractivity contribution is 5.90. The van der Waals surface area contributed by atoms with Gasteiger partial charge in [-0.2, -0.15) is 0 Å². The molecule has 3 aromatic rings. The van der Waals surface area contributed by atoms with Crippen molar-refractivity contribution in [1.82, 2.24) is 0 Å². The Morgan fingerprint density at radius 3 is 2.00 bits per heavy atom. The predicted molar refractivity (Wildman–Crippen MR) is 123 cm³/mol. The quantitative estimate of drug-likeness (QED) is 0.273. The van der Waals surface area contributed by atoms with Crippen molar-refractivity contribution < 1.29 is 23.1 Å². The van der Waals surface area contributed by atoms with Crippen LogP contribution in [0.25, 0.3) is 11.1 Å². The van der Waals surface area contributed by atoms with Crippen molar-refractivity contribution in [3.63, 3.8) is 0 Å². The Balaban J connectivity index is 1.76. The van der Waals surface area contributed by atoms with Gasteiger partial charge in [-0.25, -0.2) is 13.6 Å². The third-order valence-corrected chi connectivity index (χ3v) is 4.77. The van der Waals surface area contributed by atoms with Gasteiger partial charge in [-0.05, 0) is 52.6 Å². The molecule has 0 aliphatic carbocycles. The Labute approximate surface area is 191 Å². The van der Waals surface area contributed by atoms with Crippen molar-refractivity contribution in [3.05, 3.63) is 120 Å². The van der Waals surface area contributed by atoms with E-state index in [2.05, 4.69) is 25.0 Å². The molecule has 33 heavy (non-hydrogen) atoms. The Hall–Kier alpha value is -4.30. The van der Waals surface area contributed by atoms with E-state index in [9.17, 15) is 18.4 Å². The predicted octanol–water partition coefficient (Wildman–Crippen LogP) is 5.56. The minimum Gasteiger partial charge on any atom is -0.458 e. The highest BCUT2D eigenvalue weighted by atomic mass is 19.1. The van der Waals surface area contributed by atoms with Gasteiger partial charge in [-0.15, -0.1) is 0 Å². The summed E-state index contributed by atoms with van der Waals surface area (Å²) in [6.07, 6.45) is 2.58. The zero-order valence-electron chi connectivity index (χ0n) is 17.7. The largest absolute Gasteiger partial charge is 0.458 e. The first kappa shape index (κ1) is 23.4. The summed E-state index contributed by atoms with van der Waals surface area (Å²) in [7, 11) is 0. The van der Waals surface area contributed by atoms with Gasteiger partial charge in [0.1, 0.15) is 18.2 Å². The molecule has 0 aliphatic rings. The summed E-state index contributed by atoms with van der Waals surface area (Å²) in [6, 6.07) is 16.1. The molecule has 0 saturated carbocycles. The third kappa shape index (κ3) is 6.34. The molecule has 0 heterocycles. The summed E-state index contributed by atoms with van der Waals surface area (Å²) in [4.78, 5) is 22.6. The van der Waals surface area contributed by atoms with Crippen molar-refractivity contribution in [2.45, 2.75) is 13.0 Å². The van der Waals surface area contributed by atoms with Crippen LogP contribution in [-0.2, 0) is 27.4 Å². The molecule has 0 amide bonds. The number of carbonyl (C=O) groups is 2. The van der Waals surface area contributed by atoms with Crippen LogP contribution in [0.1, 0.15) is 22.3 Å². The van der Waals surface area contributed by atoms with Crippen molar-refractivity contribution in [2.24, 2.45) is 0 Å². The normalized spacial score (nSPS) is 10.0. The fraction of sp³-hybridized carbons (Fsp3) is 0.0714. The summed E-state index contributed by atoms with van der Waals surface area (Å²) < 4.78 is 34.2. The van der Waals surface area contributed by atoms with Gasteiger partial charge >= 0.3 is 5.97 Å². The first-order valence-corrected chi connectivity index (χ1v) is 10.0. The molecule has 0 radical (unpaired) electrons. The Bertz CT molecular complexity index is 1240. The molecule has 0 saturated heterocycles. The fourth-order valence-electron chi connectivity index (χ4n) is 2.98. The number of ether oxygens (including phenoxy) is 1. The minimum absolute atomic E-state index is 0.0773. The number of esters is 1. The van der Waals surface area contributed by atoms with Crippen LogP contribution in [-0.4, -0.2) is 11.8 Å². The average molecular weight is 442 g/mol. The van der Waals surface area contributed by atoms with Crippen LogP contribution in [0.4, 0.5) is 8.78 Å². The highest BCUT2D eigenvalue weighted by Gasteiger charge is 2.11. The van der Waals surface area contributed by atoms with Crippen LogP contribution in [0.5, 0.6) is 0 Å². The molecule has 3 rings (SSSR count). The van der Waals surface area contributed by atoms with Gasteiger partial charge in [0.25, 0.3) is 0 Å². The van der Waals surface area contributed by atoms with E-state index < -0.39 is 17.6 Å². The molecule has 0 bridgehead atoms. The maximum atomic E-state index is 14.6. The Morgan fingerprint density at radius 2 is 1.42 bits per heavy atom. The van der Waals surface area contributed by atoms with Gasteiger partial charge in [-0.1, -0.05) is 61.4 Å². The maximum Gasteiger partial charge on any atom is 0.330 e. The van der Waals surface area contributed by atoms with Crippen molar-refractivity contribution in [2.75, 3.05) is 0 Å². The molecule has 0 unspecified atom stereocenters. The Kier molecular flexibility index (Phi) is 7.67. The van der Waals surface area contributed by atoms with Gasteiger partial charge in [0, 0.05) is 18.1 Å². The molecule has 3 nitrogen and oxygen atoms in total. The molecule has 0 aromatic heterocycles. The molecular weight excluding hydrogens is 422 g/mol. The lowest BCUT2D eigenvalue weighted by molar-refractivity contribution is -0.139. The van der Waals surface area contributed by atoms with Crippen molar-refractivity contribution in [1.29, 1.82) is 0 Å². The molecular formula is C28H20F2O3. The molecule has 0 atom stereocenters. The van der Waals surface area contributed by atoms with Crippen LogP contribution < -0.4 is 0 Å². The lowest BCUT2D eigenvalue weighted by atomic mass is 10.0. The maximum absolute atomic E-state index is 14.6. The molecule has 5 heteroatoms. The second-order valence-corrected chi connectivity index (χ2v) is 7.12. The van der Waals surface area contributed by atoms with Crippen LogP contribution in [0.3, 0.4) is 0 Å². The molecule has 3 aromatic carbocycles. The highest BCUT2D eigenvalue weighted by Crippen LogP contribution is 2.25. The van der Waals surface area contributed by atoms with Gasteiger partial charge in [0.2, 0.25) is 0 Å². The lowest BCUT2D eigenvalue weighted by Crippen LogP contribution is -2.00. The zero-order chi connectivity index (χ0) is 23.8. The number of ketones is 1. The monoisotopic (exact) mass is 442 g/mol. The van der Waals surface area contributed by atoms with E-state index >= 15 is 0 Å². The topological polar surface area (TPSA) is 43.4 Å². The van der Waals surface area contributed by atoms with Gasteiger partial charge in [0.05, 0.1) is 5.56 Å². The van der Waals surface area contributed by atoms with Crippen LogP contribution in [0.2, 0.25) is 0 Å². The van der Waals surface area contributed by atoms with Gasteiger partial charge in [0.15, 0.2) is 5.78 Å². The molecule has 0 N–H and O–H groups in total. The van der Waals surface area contributed by atoms with E-state index in [1.54, 1.807) is 48.5 Å². The summed E-state index contributed by atoms with van der Waals surface area (Å²) in [5.41, 5.74) is 2.75. The minimum atomic E-state index is -0.769. The first-order valence-electron chi connectivity index (χ1n) is 10.0. The van der Waals surface area contributed by atoms with Crippen molar-refractivity contribution >= 4 is 11.8 Å². The number of allylic oxidation sites excluding steroid dienone is 1. The molecule has 164 valence electrons. The zero-order valence-corrected chi connectivity index (χ0v) is 17.7. The second-order valence-electron chi connectivity index (χ2n) is 7.12. The number of hydrogen-bond donors (Lipinski definition) is 0. The number of hydrogen-bond acceptors (Lipinski definition) is 3. The summed E-state index contributed by atoms with van der Waals surface area (Å²) in [6.45, 7) is 6.84. The van der Waals surface area contributed by atoms with E-state index in [0.717, 1.165) is 17.2 Å². The van der Waals surface area contributed by atoms with E-state index in [4.69, 9.17) is 4.74 Å². The molecule has 0 spiro atoms. The van der Waals surface area contributed by atoms with E-state index in [0.29, 0.717) is 16.7 Å². The summed E-state index contributed by atoms with van der Waals surface area (Å²) in [5, 5.41) is 0. The van der Waals surface area contributed by atoms with Crippen LogP contribution in [0.15, 0.2) is 86.0 Å². The number of carbonyl (C=O) groups excluding carboxylic acids is 2. The second kappa shape index (κ2) is 10.8. The third-order valence-electron chi connectivity index (χ3n) is 4.77.